The fraction of sp³-hybridized carbons (Fsp3) is 0.529. The van der Waals surface area contributed by atoms with Crippen LogP contribution in [-0.2, 0) is 10.6 Å². The maximum atomic E-state index is 12.5. The van der Waals surface area contributed by atoms with Gasteiger partial charge in [0.15, 0.2) is 8.32 Å². The smallest absolute Gasteiger partial charge is 0.416 e. The van der Waals surface area contributed by atoms with Crippen molar-refractivity contribution in [3.8, 4) is 18.1 Å². The molecule has 1 rings (SSSR count). The standard InChI is InChI=1S/C17H23F3O2Si/c1-7-14(22-23(5,6)16(2,3)4)12-21-15-10-8-13(9-11-15)17(18,19)20/h1,8-11,14H,12H2,2-6H3. The molecule has 0 spiro atoms. The molecule has 0 N–H and O–H groups in total. The Morgan fingerprint density at radius 2 is 1.65 bits per heavy atom. The zero-order valence-electron chi connectivity index (χ0n) is 14.1. The largest absolute Gasteiger partial charge is 0.490 e. The Balaban J connectivity index is 2.67. The second kappa shape index (κ2) is 6.98. The van der Waals surface area contributed by atoms with Crippen LogP contribution < -0.4 is 4.74 Å². The summed E-state index contributed by atoms with van der Waals surface area (Å²) >= 11 is 0. The number of halogens is 3. The number of terminal acetylenes is 1. The highest BCUT2D eigenvalue weighted by molar-refractivity contribution is 6.74. The van der Waals surface area contributed by atoms with Crippen LogP contribution in [0.15, 0.2) is 24.3 Å². The molecule has 6 heteroatoms. The van der Waals surface area contributed by atoms with E-state index in [1.807, 2.05) is 0 Å². The highest BCUT2D eigenvalue weighted by atomic mass is 28.4. The van der Waals surface area contributed by atoms with Crippen LogP contribution in [0.25, 0.3) is 0 Å². The Labute approximate surface area is 137 Å². The van der Waals surface area contributed by atoms with E-state index in [0.717, 1.165) is 12.1 Å². The van der Waals surface area contributed by atoms with Crippen molar-refractivity contribution in [2.75, 3.05) is 6.61 Å². The van der Waals surface area contributed by atoms with E-state index in [1.165, 1.54) is 12.1 Å². The predicted octanol–water partition coefficient (Wildman–Crippen LogP) is 5.11. The first-order chi connectivity index (χ1) is 10.4. The minimum Gasteiger partial charge on any atom is -0.490 e. The molecule has 23 heavy (non-hydrogen) atoms. The minimum atomic E-state index is -4.36. The van der Waals surface area contributed by atoms with Gasteiger partial charge in [-0.15, -0.1) is 6.42 Å². The van der Waals surface area contributed by atoms with Crippen molar-refractivity contribution in [1.29, 1.82) is 0 Å². The highest BCUT2D eigenvalue weighted by Crippen LogP contribution is 2.37. The van der Waals surface area contributed by atoms with Crippen LogP contribution in [0, 0.1) is 12.3 Å². The predicted molar refractivity (Wildman–Crippen MR) is 87.8 cm³/mol. The Kier molecular flexibility index (Phi) is 5.94. The van der Waals surface area contributed by atoms with Gasteiger partial charge in [0.2, 0.25) is 0 Å². The van der Waals surface area contributed by atoms with Crippen molar-refractivity contribution in [1.82, 2.24) is 0 Å². The van der Waals surface area contributed by atoms with Crippen molar-refractivity contribution in [2.45, 2.75) is 51.2 Å². The molecule has 0 bridgehead atoms. The molecular formula is C17H23F3O2Si. The molecule has 0 saturated carbocycles. The lowest BCUT2D eigenvalue weighted by molar-refractivity contribution is -0.137. The molecule has 128 valence electrons. The van der Waals surface area contributed by atoms with Crippen LogP contribution in [0.5, 0.6) is 5.75 Å². The minimum absolute atomic E-state index is 0.0104. The maximum Gasteiger partial charge on any atom is 0.416 e. The van der Waals surface area contributed by atoms with Gasteiger partial charge in [-0.1, -0.05) is 26.7 Å². The lowest BCUT2D eigenvalue weighted by Gasteiger charge is -2.37. The van der Waals surface area contributed by atoms with Crippen LogP contribution in [0.2, 0.25) is 18.1 Å². The molecule has 0 fully saturated rings. The number of hydrogen-bond donors (Lipinski definition) is 0. The SMILES string of the molecule is C#CC(COc1ccc(C(F)(F)F)cc1)O[Si](C)(C)C(C)(C)C. The van der Waals surface area contributed by atoms with Gasteiger partial charge in [0.05, 0.1) is 5.56 Å². The zero-order chi connectivity index (χ0) is 17.9. The van der Waals surface area contributed by atoms with Gasteiger partial charge in [-0.25, -0.2) is 0 Å². The van der Waals surface area contributed by atoms with E-state index < -0.39 is 26.2 Å². The van der Waals surface area contributed by atoms with Gasteiger partial charge in [0.1, 0.15) is 18.5 Å². The number of alkyl halides is 3. The number of benzene rings is 1. The van der Waals surface area contributed by atoms with Crippen molar-refractivity contribution in [3.05, 3.63) is 29.8 Å². The second-order valence-corrected chi connectivity index (χ2v) is 11.6. The molecule has 0 aliphatic carbocycles. The molecule has 0 aromatic heterocycles. The molecule has 0 aliphatic heterocycles. The lowest BCUT2D eigenvalue weighted by Crippen LogP contribution is -2.45. The molecular weight excluding hydrogens is 321 g/mol. The van der Waals surface area contributed by atoms with E-state index >= 15 is 0 Å². The van der Waals surface area contributed by atoms with Crippen molar-refractivity contribution < 1.29 is 22.3 Å². The number of ether oxygens (including phenoxy) is 1. The maximum absolute atomic E-state index is 12.5. The van der Waals surface area contributed by atoms with Gasteiger partial charge in [-0.3, -0.25) is 0 Å². The third kappa shape index (κ3) is 5.59. The zero-order valence-corrected chi connectivity index (χ0v) is 15.1. The van der Waals surface area contributed by atoms with Crippen LogP contribution in [0.3, 0.4) is 0 Å². The molecule has 0 aliphatic rings. The van der Waals surface area contributed by atoms with E-state index in [9.17, 15) is 13.2 Å². The summed E-state index contributed by atoms with van der Waals surface area (Å²) in [6.07, 6.45) is 0.602. The Hall–Kier alpha value is -1.45. The number of hydrogen-bond acceptors (Lipinski definition) is 2. The first kappa shape index (κ1) is 19.6. The average Bonchev–Trinajstić information content (AvgIpc) is 2.41. The lowest BCUT2D eigenvalue weighted by atomic mass is 10.2. The topological polar surface area (TPSA) is 18.5 Å². The molecule has 1 atom stereocenters. The summed E-state index contributed by atoms with van der Waals surface area (Å²) in [6, 6.07) is 4.52. The highest BCUT2D eigenvalue weighted by Gasteiger charge is 2.39. The average molecular weight is 344 g/mol. The van der Waals surface area contributed by atoms with Gasteiger partial charge in [-0.2, -0.15) is 13.2 Å². The molecule has 2 nitrogen and oxygen atoms in total. The first-order valence-electron chi connectivity index (χ1n) is 7.31. The third-order valence-corrected chi connectivity index (χ3v) is 8.50. The van der Waals surface area contributed by atoms with Crippen molar-refractivity contribution in [3.63, 3.8) is 0 Å². The Morgan fingerprint density at radius 3 is 2.04 bits per heavy atom. The van der Waals surface area contributed by atoms with Crippen molar-refractivity contribution >= 4 is 8.32 Å². The van der Waals surface area contributed by atoms with E-state index in [4.69, 9.17) is 15.6 Å². The van der Waals surface area contributed by atoms with Crippen molar-refractivity contribution in [2.24, 2.45) is 0 Å². The molecule has 1 aromatic carbocycles. The van der Waals surface area contributed by atoms with Gasteiger partial charge >= 0.3 is 6.18 Å². The van der Waals surface area contributed by atoms with Gasteiger partial charge in [0.25, 0.3) is 0 Å². The van der Waals surface area contributed by atoms with E-state index in [1.54, 1.807) is 0 Å². The molecule has 1 unspecified atom stereocenters. The fourth-order valence-corrected chi connectivity index (χ4v) is 2.76. The quantitative estimate of drug-likeness (QED) is 0.546. The van der Waals surface area contributed by atoms with E-state index in [2.05, 4.69) is 39.8 Å². The number of rotatable bonds is 5. The summed E-state index contributed by atoms with van der Waals surface area (Å²) in [5.74, 6) is 2.87. The van der Waals surface area contributed by atoms with E-state index in [0.29, 0.717) is 5.75 Å². The van der Waals surface area contributed by atoms with Crippen LogP contribution in [0.1, 0.15) is 26.3 Å². The first-order valence-corrected chi connectivity index (χ1v) is 10.2. The van der Waals surface area contributed by atoms with Gasteiger partial charge < -0.3 is 9.16 Å². The molecule has 1 aromatic rings. The van der Waals surface area contributed by atoms with E-state index in [-0.39, 0.29) is 11.6 Å². The summed E-state index contributed by atoms with van der Waals surface area (Å²) in [6.45, 7) is 10.6. The fourth-order valence-electron chi connectivity index (χ4n) is 1.56. The summed E-state index contributed by atoms with van der Waals surface area (Å²) in [7, 11) is -2.03. The molecule has 0 saturated heterocycles. The van der Waals surface area contributed by atoms with Gasteiger partial charge in [-0.05, 0) is 42.4 Å². The van der Waals surface area contributed by atoms with Crippen LogP contribution >= 0.6 is 0 Å². The van der Waals surface area contributed by atoms with Crippen LogP contribution in [-0.4, -0.2) is 21.0 Å². The normalized spacial score (nSPS) is 14.2. The van der Waals surface area contributed by atoms with Crippen LogP contribution in [0.4, 0.5) is 13.2 Å². The summed E-state index contributed by atoms with van der Waals surface area (Å²) in [5, 5.41) is 0.0104. The third-order valence-electron chi connectivity index (χ3n) is 4.01. The molecule has 0 radical (unpaired) electrons. The molecule has 0 heterocycles. The molecule has 0 amide bonds. The Morgan fingerprint density at radius 1 is 1.13 bits per heavy atom. The monoisotopic (exact) mass is 344 g/mol. The van der Waals surface area contributed by atoms with Gasteiger partial charge in [0, 0.05) is 0 Å². The summed E-state index contributed by atoms with van der Waals surface area (Å²) in [5.41, 5.74) is -0.712. The summed E-state index contributed by atoms with van der Waals surface area (Å²) in [4.78, 5) is 0. The summed E-state index contributed by atoms with van der Waals surface area (Å²) < 4.78 is 49.0. The second-order valence-electron chi connectivity index (χ2n) is 6.87. The Bertz CT molecular complexity index is 551.